The van der Waals surface area contributed by atoms with Crippen LogP contribution in [0, 0.1) is 23.2 Å². The number of methoxy groups -OCH3 is 1. The Morgan fingerprint density at radius 1 is 1.07 bits per heavy atom. The zero-order chi connectivity index (χ0) is 39.9. The fourth-order valence-corrected chi connectivity index (χ4v) is 10.9. The van der Waals surface area contributed by atoms with Crippen LogP contribution in [0.15, 0.2) is 43.0 Å². The summed E-state index contributed by atoms with van der Waals surface area (Å²) in [5.74, 6) is -1.39. The molecular formula is C43H54N4O9S. The summed E-state index contributed by atoms with van der Waals surface area (Å²) in [7, 11) is -2.26. The summed E-state index contributed by atoms with van der Waals surface area (Å²) in [4.78, 5) is 65.6. The second-order valence-corrected chi connectivity index (χ2v) is 18.9. The van der Waals surface area contributed by atoms with E-state index in [2.05, 4.69) is 17.4 Å². The fraction of sp³-hybridized carbons (Fsp3) is 0.605. The van der Waals surface area contributed by atoms with Crippen molar-refractivity contribution in [1.29, 1.82) is 0 Å². The number of nitrogens with one attached hydrogen (secondary N) is 1. The van der Waals surface area contributed by atoms with Gasteiger partial charge in [0.05, 0.1) is 42.0 Å². The van der Waals surface area contributed by atoms with Crippen LogP contribution in [-0.2, 0) is 33.9 Å². The zero-order valence-electron chi connectivity index (χ0n) is 32.7. The standard InChI is InChI=1S/C43H54N4O9S/c1-3-30-23-43(30,42(51)45-57(52,53)34-14-15-34)24-38(48)37-21-33-26-47(37)41(50)35(27-9-6-7-10-27)22-39(49)46-17-16-32(25-46)55-18-8-4-5-11-29-19-28-12-13-31(54-2)20-36(28)44-40(29)56-33/h3,5,11-13,19-20,27,30,32-35,37H,1,4,6-10,14-18,21-26H2,2H3,(H,45,51)/b11-5+/t30-,32+,33-,35+,37?,43-/m1/s1. The Balaban J connectivity index is 1.14. The Morgan fingerprint density at radius 2 is 1.88 bits per heavy atom. The number of Topliss-reactive ketones (excluding diaryl/α,β-unsaturated/α-hetero) is 1. The van der Waals surface area contributed by atoms with E-state index in [1.165, 1.54) is 0 Å². The van der Waals surface area contributed by atoms with E-state index in [4.69, 9.17) is 19.2 Å². The summed E-state index contributed by atoms with van der Waals surface area (Å²) in [6.07, 6.45) is 12.0. The predicted octanol–water partition coefficient (Wildman–Crippen LogP) is 4.97. The van der Waals surface area contributed by atoms with Crippen LogP contribution < -0.4 is 14.2 Å². The fourth-order valence-electron chi connectivity index (χ4n) is 9.48. The Morgan fingerprint density at radius 3 is 2.61 bits per heavy atom. The third-order valence-corrected chi connectivity index (χ3v) is 14.9. The lowest BCUT2D eigenvalue weighted by atomic mass is 9.85. The van der Waals surface area contributed by atoms with Crippen molar-refractivity contribution in [3.8, 4) is 11.6 Å². The molecule has 1 N–H and O–H groups in total. The minimum Gasteiger partial charge on any atom is -0.497 e. The molecule has 57 heavy (non-hydrogen) atoms. The van der Waals surface area contributed by atoms with E-state index in [0.29, 0.717) is 49.7 Å². The third-order valence-electron chi connectivity index (χ3n) is 13.1. The lowest BCUT2D eigenvalue weighted by Crippen LogP contribution is -2.48. The number of benzene rings is 1. The van der Waals surface area contributed by atoms with Gasteiger partial charge in [0, 0.05) is 61.9 Å². The molecule has 6 atom stereocenters. The maximum Gasteiger partial charge on any atom is 0.240 e. The number of hydrogen-bond acceptors (Lipinski definition) is 10. The molecule has 306 valence electrons. The van der Waals surface area contributed by atoms with Gasteiger partial charge < -0.3 is 24.0 Å². The molecule has 13 nitrogen and oxygen atoms in total. The number of sulfonamides is 1. The van der Waals surface area contributed by atoms with Gasteiger partial charge in [0.1, 0.15) is 11.9 Å². The summed E-state index contributed by atoms with van der Waals surface area (Å²) in [5.41, 5.74) is 0.139. The molecule has 1 aromatic heterocycles. The molecule has 1 aromatic carbocycles. The highest BCUT2D eigenvalue weighted by molar-refractivity contribution is 7.90. The number of aromatic nitrogens is 1. The maximum absolute atomic E-state index is 15.0. The van der Waals surface area contributed by atoms with Crippen LogP contribution in [0.2, 0.25) is 0 Å². The number of rotatable bonds is 9. The van der Waals surface area contributed by atoms with Crippen LogP contribution >= 0.6 is 0 Å². The number of pyridine rings is 1. The number of ketones is 1. The topological polar surface area (TPSA) is 162 Å². The molecule has 4 heterocycles. The predicted molar refractivity (Wildman–Crippen MR) is 213 cm³/mol. The number of ether oxygens (including phenoxy) is 3. The summed E-state index contributed by atoms with van der Waals surface area (Å²) < 4.78 is 46.3. The number of carbonyl (C=O) groups is 4. The van der Waals surface area contributed by atoms with Gasteiger partial charge in [-0.1, -0.05) is 31.1 Å². The van der Waals surface area contributed by atoms with Crippen LogP contribution in [0.25, 0.3) is 17.0 Å². The van der Waals surface area contributed by atoms with Gasteiger partial charge in [-0.05, 0) is 81.4 Å². The molecule has 8 rings (SSSR count). The summed E-state index contributed by atoms with van der Waals surface area (Å²) >= 11 is 0. The van der Waals surface area contributed by atoms with E-state index in [1.807, 2.05) is 35.2 Å². The lowest BCUT2D eigenvalue weighted by Gasteiger charge is -2.32. The summed E-state index contributed by atoms with van der Waals surface area (Å²) in [6, 6.07) is 6.69. The molecule has 3 aliphatic heterocycles. The van der Waals surface area contributed by atoms with Crippen LogP contribution in [-0.4, -0.2) is 104 Å². The Bertz CT molecular complexity index is 2060. The molecule has 4 bridgehead atoms. The minimum atomic E-state index is -3.85. The van der Waals surface area contributed by atoms with E-state index in [9.17, 15) is 27.6 Å². The van der Waals surface area contributed by atoms with E-state index in [1.54, 1.807) is 18.1 Å². The van der Waals surface area contributed by atoms with Gasteiger partial charge in [0.25, 0.3) is 0 Å². The molecule has 5 fully saturated rings. The van der Waals surface area contributed by atoms with Crippen molar-refractivity contribution in [3.05, 3.63) is 48.6 Å². The number of amides is 3. The lowest BCUT2D eigenvalue weighted by molar-refractivity contribution is -0.146. The molecule has 3 amide bonds. The highest BCUT2D eigenvalue weighted by Gasteiger charge is 2.61. The van der Waals surface area contributed by atoms with Gasteiger partial charge in [-0.3, -0.25) is 23.9 Å². The Hall–Kier alpha value is -4.30. The average Bonchev–Trinajstić information content (AvgIpc) is 3.97. The Labute approximate surface area is 334 Å². The smallest absolute Gasteiger partial charge is 0.240 e. The SMILES string of the molecule is C=C[C@@H]1C[C@]1(CC(=O)C1C[C@@H]2CN1C(=O)[C@H](C1CCCC1)CC(=O)N1CC[C@@H](C1)OCCC/C=C/c1cc3ccc(OC)cc3nc1O2)C(=O)NS(=O)(=O)C1CC1. The van der Waals surface area contributed by atoms with E-state index >= 15 is 0 Å². The molecule has 3 aliphatic carbocycles. The molecule has 0 spiro atoms. The van der Waals surface area contributed by atoms with Crippen molar-refractivity contribution >= 4 is 50.5 Å². The van der Waals surface area contributed by atoms with E-state index in [0.717, 1.165) is 55.9 Å². The zero-order valence-corrected chi connectivity index (χ0v) is 33.6. The van der Waals surface area contributed by atoms with Gasteiger partial charge in [-0.15, -0.1) is 6.58 Å². The first-order valence-corrected chi connectivity index (χ1v) is 22.3. The normalized spacial score (nSPS) is 30.5. The number of nitrogens with zero attached hydrogens (tertiary/aromatic N) is 3. The third kappa shape index (κ3) is 8.35. The van der Waals surface area contributed by atoms with Crippen molar-refractivity contribution < 1.29 is 41.8 Å². The number of carbonyl (C=O) groups excluding carboxylic acids is 4. The molecule has 2 aromatic rings. The Kier molecular flexibility index (Phi) is 11.2. The van der Waals surface area contributed by atoms with Gasteiger partial charge in [-0.2, -0.15) is 0 Å². The van der Waals surface area contributed by atoms with Crippen molar-refractivity contribution in [2.24, 2.45) is 23.2 Å². The van der Waals surface area contributed by atoms with E-state index < -0.39 is 44.7 Å². The number of fused-ring (bicyclic) bond motifs is 6. The monoisotopic (exact) mass is 802 g/mol. The van der Waals surface area contributed by atoms with Crippen molar-refractivity contribution in [3.63, 3.8) is 0 Å². The first kappa shape index (κ1) is 39.5. The maximum atomic E-state index is 15.0. The van der Waals surface area contributed by atoms with Gasteiger partial charge in [0.2, 0.25) is 33.6 Å². The quantitative estimate of drug-likeness (QED) is 0.343. The second-order valence-electron chi connectivity index (χ2n) is 17.0. The van der Waals surface area contributed by atoms with Gasteiger partial charge >= 0.3 is 0 Å². The van der Waals surface area contributed by atoms with Crippen LogP contribution in [0.4, 0.5) is 0 Å². The molecular weight excluding hydrogens is 749 g/mol. The molecule has 2 saturated heterocycles. The van der Waals surface area contributed by atoms with E-state index in [-0.39, 0.29) is 67.8 Å². The summed E-state index contributed by atoms with van der Waals surface area (Å²) in [5, 5.41) is 0.293. The number of hydrogen-bond donors (Lipinski definition) is 1. The van der Waals surface area contributed by atoms with Crippen LogP contribution in [0.5, 0.6) is 11.6 Å². The molecule has 1 unspecified atom stereocenters. The highest BCUT2D eigenvalue weighted by Crippen LogP contribution is 2.57. The molecule has 14 heteroatoms. The summed E-state index contributed by atoms with van der Waals surface area (Å²) in [6.45, 7) is 5.59. The van der Waals surface area contributed by atoms with Crippen molar-refractivity contribution in [2.75, 3.05) is 33.4 Å². The first-order chi connectivity index (χ1) is 27.5. The van der Waals surface area contributed by atoms with Crippen LogP contribution in [0.1, 0.15) is 89.0 Å². The molecule has 0 radical (unpaired) electrons. The van der Waals surface area contributed by atoms with Crippen molar-refractivity contribution in [1.82, 2.24) is 19.5 Å². The minimum absolute atomic E-state index is 0.00636. The highest BCUT2D eigenvalue weighted by atomic mass is 32.2. The second kappa shape index (κ2) is 16.2. The van der Waals surface area contributed by atoms with Gasteiger partial charge in [0.15, 0.2) is 5.78 Å². The largest absolute Gasteiger partial charge is 0.497 e. The van der Waals surface area contributed by atoms with Crippen LogP contribution in [0.3, 0.4) is 0 Å². The first-order valence-electron chi connectivity index (χ1n) is 20.7. The number of allylic oxidation sites excluding steroid dienone is 2. The molecule has 3 saturated carbocycles. The van der Waals surface area contributed by atoms with Gasteiger partial charge in [-0.25, -0.2) is 13.4 Å². The molecule has 6 aliphatic rings. The average molecular weight is 803 g/mol. The van der Waals surface area contributed by atoms with Crippen molar-refractivity contribution in [2.45, 2.75) is 107 Å².